The van der Waals surface area contributed by atoms with Crippen LogP contribution in [0.1, 0.15) is 11.1 Å². The molecule has 0 spiro atoms. The highest BCUT2D eigenvalue weighted by Crippen LogP contribution is 2.25. The van der Waals surface area contributed by atoms with E-state index in [-0.39, 0.29) is 0 Å². The molecule has 3 nitrogen and oxygen atoms in total. The fraction of sp³-hybridized carbons (Fsp3) is 0.200. The molecule has 0 aliphatic rings. The third kappa shape index (κ3) is 1.78. The van der Waals surface area contributed by atoms with E-state index < -0.39 is 0 Å². The largest absolute Gasteiger partial charge is 0.436 e. The van der Waals surface area contributed by atoms with Crippen molar-refractivity contribution in [2.45, 2.75) is 13.8 Å². The van der Waals surface area contributed by atoms with Gasteiger partial charge in [0.05, 0.1) is 0 Å². The van der Waals surface area contributed by atoms with Gasteiger partial charge in [0.15, 0.2) is 18.0 Å². The molecule has 1 aromatic carbocycles. The van der Waals surface area contributed by atoms with Gasteiger partial charge in [0.1, 0.15) is 12.6 Å². The summed E-state index contributed by atoms with van der Waals surface area (Å²) in [5, 5.41) is 0. The average molecular weight is 239 g/mol. The van der Waals surface area contributed by atoms with Crippen LogP contribution >= 0.6 is 0 Å². The Labute approximate surface area is 106 Å². The van der Waals surface area contributed by atoms with Crippen LogP contribution in [0.2, 0.25) is 0 Å². The zero-order chi connectivity index (χ0) is 12.7. The molecule has 0 N–H and O–H groups in total. The third-order valence-corrected chi connectivity index (χ3v) is 3.23. The second kappa shape index (κ2) is 3.95. The van der Waals surface area contributed by atoms with Crippen molar-refractivity contribution >= 4 is 11.1 Å². The highest BCUT2D eigenvalue weighted by molar-refractivity contribution is 5.77. The number of rotatable bonds is 1. The molecule has 2 heterocycles. The molecule has 0 radical (unpaired) electrons. The Morgan fingerprint density at radius 2 is 1.72 bits per heavy atom. The molecular weight excluding hydrogens is 224 g/mol. The van der Waals surface area contributed by atoms with E-state index in [1.165, 1.54) is 11.1 Å². The second-order valence-corrected chi connectivity index (χ2v) is 4.68. The predicted molar refractivity (Wildman–Crippen MR) is 70.1 cm³/mol. The third-order valence-electron chi connectivity index (χ3n) is 3.23. The Morgan fingerprint density at radius 1 is 1.06 bits per heavy atom. The fourth-order valence-corrected chi connectivity index (χ4v) is 1.95. The van der Waals surface area contributed by atoms with E-state index in [2.05, 4.69) is 24.9 Å². The van der Waals surface area contributed by atoms with Gasteiger partial charge in [-0.3, -0.25) is 0 Å². The molecule has 90 valence electrons. The summed E-state index contributed by atoms with van der Waals surface area (Å²) in [6.45, 7) is 4.17. The number of oxazole rings is 1. The Bertz CT molecular complexity index is 672. The Hall–Kier alpha value is -2.16. The zero-order valence-corrected chi connectivity index (χ0v) is 10.8. The van der Waals surface area contributed by atoms with E-state index in [9.17, 15) is 0 Å². The molecule has 0 amide bonds. The van der Waals surface area contributed by atoms with E-state index in [1.54, 1.807) is 0 Å². The number of benzene rings is 1. The summed E-state index contributed by atoms with van der Waals surface area (Å²) in [5.74, 6) is 0.676. The Kier molecular flexibility index (Phi) is 2.40. The molecule has 18 heavy (non-hydrogen) atoms. The molecule has 0 atom stereocenters. The molecule has 3 rings (SSSR count). The summed E-state index contributed by atoms with van der Waals surface area (Å²) in [5.41, 5.74) is 5.23. The van der Waals surface area contributed by atoms with Gasteiger partial charge in [-0.1, -0.05) is 0 Å². The van der Waals surface area contributed by atoms with Crippen LogP contribution < -0.4 is 4.57 Å². The summed E-state index contributed by atoms with van der Waals surface area (Å²) in [7, 11) is 1.99. The van der Waals surface area contributed by atoms with Gasteiger partial charge in [-0.05, 0) is 37.1 Å². The first kappa shape index (κ1) is 11.0. The summed E-state index contributed by atoms with van der Waals surface area (Å²) in [6, 6.07) is 8.12. The van der Waals surface area contributed by atoms with Gasteiger partial charge in [-0.2, -0.15) is 0 Å². The second-order valence-electron chi connectivity index (χ2n) is 4.68. The van der Waals surface area contributed by atoms with Crippen molar-refractivity contribution in [1.29, 1.82) is 0 Å². The number of nitrogens with zero attached hydrogens (tertiary/aromatic N) is 2. The minimum Gasteiger partial charge on any atom is -0.436 e. The SMILES string of the molecule is Cc1cc2nc(-c3cc[n+](C)cc3)oc2cc1C. The number of hydrogen-bond donors (Lipinski definition) is 0. The van der Waals surface area contributed by atoms with Crippen molar-refractivity contribution in [3.8, 4) is 11.5 Å². The normalized spacial score (nSPS) is 11.1. The molecule has 0 fully saturated rings. The molecule has 0 saturated heterocycles. The molecule has 0 unspecified atom stereocenters. The number of pyridine rings is 1. The van der Waals surface area contributed by atoms with Crippen LogP contribution in [0.4, 0.5) is 0 Å². The maximum Gasteiger partial charge on any atom is 0.227 e. The van der Waals surface area contributed by atoms with Crippen molar-refractivity contribution in [2.75, 3.05) is 0 Å². The first-order chi connectivity index (χ1) is 8.63. The van der Waals surface area contributed by atoms with Crippen LogP contribution in [0, 0.1) is 13.8 Å². The lowest BCUT2D eigenvalue weighted by Crippen LogP contribution is -2.25. The number of hydrogen-bond acceptors (Lipinski definition) is 2. The van der Waals surface area contributed by atoms with Crippen molar-refractivity contribution < 1.29 is 8.98 Å². The van der Waals surface area contributed by atoms with Crippen molar-refractivity contribution in [3.05, 3.63) is 47.8 Å². The fourth-order valence-electron chi connectivity index (χ4n) is 1.95. The van der Waals surface area contributed by atoms with Gasteiger partial charge >= 0.3 is 0 Å². The van der Waals surface area contributed by atoms with E-state index in [1.807, 2.05) is 42.2 Å². The maximum absolute atomic E-state index is 5.81. The smallest absolute Gasteiger partial charge is 0.227 e. The van der Waals surface area contributed by atoms with Crippen LogP contribution in [0.15, 0.2) is 41.1 Å². The van der Waals surface area contributed by atoms with Gasteiger partial charge in [-0.25, -0.2) is 9.55 Å². The molecule has 0 aliphatic carbocycles. The van der Waals surface area contributed by atoms with Gasteiger partial charge in [0.25, 0.3) is 0 Å². The first-order valence-electron chi connectivity index (χ1n) is 5.97. The Balaban J connectivity index is 2.16. The molecular formula is C15H15N2O+. The zero-order valence-electron chi connectivity index (χ0n) is 10.8. The van der Waals surface area contributed by atoms with E-state index in [0.717, 1.165) is 16.7 Å². The molecule has 3 aromatic rings. The lowest BCUT2D eigenvalue weighted by molar-refractivity contribution is -0.671. The Morgan fingerprint density at radius 3 is 2.44 bits per heavy atom. The summed E-state index contributed by atoms with van der Waals surface area (Å²) < 4.78 is 7.80. The minimum atomic E-state index is 0.676. The molecule has 0 bridgehead atoms. The number of aryl methyl sites for hydroxylation is 3. The molecule has 3 heteroatoms. The summed E-state index contributed by atoms with van der Waals surface area (Å²) in [6.07, 6.45) is 3.97. The van der Waals surface area contributed by atoms with Crippen molar-refractivity contribution in [3.63, 3.8) is 0 Å². The maximum atomic E-state index is 5.81. The van der Waals surface area contributed by atoms with Crippen LogP contribution in [0.3, 0.4) is 0 Å². The van der Waals surface area contributed by atoms with Crippen molar-refractivity contribution in [1.82, 2.24) is 4.98 Å². The summed E-state index contributed by atoms with van der Waals surface area (Å²) >= 11 is 0. The standard InChI is InChI=1S/C15H15N2O/c1-10-8-13-14(9-11(10)2)18-15(16-13)12-4-6-17(3)7-5-12/h4-9H,1-3H3/q+1. The van der Waals surface area contributed by atoms with Gasteiger partial charge in [0.2, 0.25) is 5.89 Å². The highest BCUT2D eigenvalue weighted by Gasteiger charge is 2.10. The monoisotopic (exact) mass is 239 g/mol. The van der Waals surface area contributed by atoms with Crippen LogP contribution in [-0.4, -0.2) is 4.98 Å². The van der Waals surface area contributed by atoms with Crippen LogP contribution in [0.25, 0.3) is 22.6 Å². The first-order valence-corrected chi connectivity index (χ1v) is 5.97. The number of aromatic nitrogens is 2. The van der Waals surface area contributed by atoms with Gasteiger partial charge in [-0.15, -0.1) is 0 Å². The van der Waals surface area contributed by atoms with E-state index >= 15 is 0 Å². The van der Waals surface area contributed by atoms with Crippen LogP contribution in [0.5, 0.6) is 0 Å². The van der Waals surface area contributed by atoms with E-state index in [0.29, 0.717) is 5.89 Å². The topological polar surface area (TPSA) is 29.9 Å². The number of fused-ring (bicyclic) bond motifs is 1. The molecule has 2 aromatic heterocycles. The van der Waals surface area contributed by atoms with E-state index in [4.69, 9.17) is 4.42 Å². The highest BCUT2D eigenvalue weighted by atomic mass is 16.3. The van der Waals surface area contributed by atoms with Crippen molar-refractivity contribution in [2.24, 2.45) is 7.05 Å². The summed E-state index contributed by atoms with van der Waals surface area (Å²) in [4.78, 5) is 4.54. The van der Waals surface area contributed by atoms with Gasteiger partial charge < -0.3 is 4.42 Å². The quantitative estimate of drug-likeness (QED) is 0.611. The average Bonchev–Trinajstić information content (AvgIpc) is 2.73. The molecule has 0 saturated carbocycles. The van der Waals surface area contributed by atoms with Gasteiger partial charge in [0, 0.05) is 17.7 Å². The molecule has 0 aliphatic heterocycles. The predicted octanol–water partition coefficient (Wildman–Crippen LogP) is 2.94. The lowest BCUT2D eigenvalue weighted by atomic mass is 10.1. The lowest BCUT2D eigenvalue weighted by Gasteiger charge is -1.96. The van der Waals surface area contributed by atoms with Crippen LogP contribution in [-0.2, 0) is 7.05 Å². The minimum absolute atomic E-state index is 0.676.